The number of likely N-dealkylation sites (tertiary alicyclic amines) is 1. The minimum Gasteiger partial charge on any atom is -0.482 e. The number of nitrogens with one attached hydrogen (secondary N) is 3. The van der Waals surface area contributed by atoms with E-state index >= 15 is 0 Å². The van der Waals surface area contributed by atoms with Gasteiger partial charge in [0, 0.05) is 19.3 Å². The second-order valence-electron chi connectivity index (χ2n) is 9.21. The quantitative estimate of drug-likeness (QED) is 0.375. The zero-order chi connectivity index (χ0) is 26.2. The lowest BCUT2D eigenvalue weighted by atomic mass is 10.0. The molecule has 0 saturated carbocycles. The fraction of sp³-hybridized carbons (Fsp3) is 0.222. The van der Waals surface area contributed by atoms with Crippen molar-refractivity contribution in [2.45, 2.75) is 25.4 Å². The predicted molar refractivity (Wildman–Crippen MR) is 135 cm³/mol. The Morgan fingerprint density at radius 1 is 1.16 bits per heavy atom. The predicted octanol–water partition coefficient (Wildman–Crippen LogP) is 3.34. The lowest BCUT2D eigenvalue weighted by Gasteiger charge is -2.25. The first-order chi connectivity index (χ1) is 18.5. The highest BCUT2D eigenvalue weighted by Gasteiger charge is 2.32. The van der Waals surface area contributed by atoms with Crippen LogP contribution in [0.4, 0.5) is 10.1 Å². The van der Waals surface area contributed by atoms with Gasteiger partial charge in [0.05, 0.1) is 22.8 Å². The van der Waals surface area contributed by atoms with E-state index < -0.39 is 5.91 Å². The molecule has 3 N–H and O–H groups in total. The number of ether oxygens (including phenoxy) is 1. The van der Waals surface area contributed by atoms with Crippen molar-refractivity contribution in [3.63, 3.8) is 0 Å². The number of benzene rings is 2. The number of amides is 3. The molecule has 4 aromatic rings. The van der Waals surface area contributed by atoms with Crippen molar-refractivity contribution in [3.8, 4) is 5.75 Å². The second kappa shape index (κ2) is 9.58. The number of fused-ring (bicyclic) bond motifs is 2. The standard InChI is InChI=1S/C27H23FN6O4/c28-17-6-4-16(5-7-17)20-2-1-9-34(20)27(37)18-12-29-24-23(18)31-14-32-25(24)26(36)30-11-15-3-8-21-19(10-15)33-22(35)13-38-21/h3-8,10,12,14,20,29H,1-2,9,11,13H2,(H,30,36)(H,33,35). The van der Waals surface area contributed by atoms with Crippen molar-refractivity contribution in [2.75, 3.05) is 18.5 Å². The Bertz CT molecular complexity index is 1570. The Morgan fingerprint density at radius 3 is 2.84 bits per heavy atom. The molecule has 192 valence electrons. The first-order valence-electron chi connectivity index (χ1n) is 12.2. The lowest BCUT2D eigenvalue weighted by molar-refractivity contribution is -0.118. The molecule has 10 nitrogen and oxygen atoms in total. The summed E-state index contributed by atoms with van der Waals surface area (Å²) in [5.74, 6) is -0.651. The number of aromatic nitrogens is 3. The van der Waals surface area contributed by atoms with E-state index in [1.54, 1.807) is 41.4 Å². The van der Waals surface area contributed by atoms with Gasteiger partial charge in [-0.1, -0.05) is 18.2 Å². The molecule has 2 aromatic heterocycles. The number of H-pyrrole nitrogens is 1. The third kappa shape index (κ3) is 4.32. The molecule has 2 aromatic carbocycles. The largest absolute Gasteiger partial charge is 0.482 e. The lowest BCUT2D eigenvalue weighted by Crippen LogP contribution is -2.30. The van der Waals surface area contributed by atoms with E-state index in [9.17, 15) is 18.8 Å². The summed E-state index contributed by atoms with van der Waals surface area (Å²) in [4.78, 5) is 51.3. The number of rotatable bonds is 5. The molecular weight excluding hydrogens is 491 g/mol. The summed E-state index contributed by atoms with van der Waals surface area (Å²) in [7, 11) is 0. The maximum absolute atomic E-state index is 13.5. The molecule has 0 bridgehead atoms. The molecule has 2 aliphatic heterocycles. The van der Waals surface area contributed by atoms with Crippen LogP contribution in [-0.2, 0) is 11.3 Å². The van der Waals surface area contributed by atoms with Crippen LogP contribution in [-0.4, -0.2) is 50.7 Å². The number of carbonyl (C=O) groups excluding carboxylic acids is 3. The maximum Gasteiger partial charge on any atom is 0.272 e. The highest BCUT2D eigenvalue weighted by Crippen LogP contribution is 2.34. The van der Waals surface area contributed by atoms with Gasteiger partial charge in [-0.15, -0.1) is 0 Å². The Morgan fingerprint density at radius 2 is 2.00 bits per heavy atom. The van der Waals surface area contributed by atoms with E-state index in [-0.39, 0.29) is 42.5 Å². The number of carbonyl (C=O) groups is 3. The van der Waals surface area contributed by atoms with Gasteiger partial charge in [-0.2, -0.15) is 0 Å². The molecule has 1 saturated heterocycles. The van der Waals surface area contributed by atoms with E-state index in [1.807, 2.05) is 0 Å². The molecule has 6 rings (SSSR count). The number of hydrogen-bond acceptors (Lipinski definition) is 6. The van der Waals surface area contributed by atoms with Crippen molar-refractivity contribution in [1.82, 2.24) is 25.2 Å². The monoisotopic (exact) mass is 514 g/mol. The molecule has 0 spiro atoms. The molecule has 0 radical (unpaired) electrons. The summed E-state index contributed by atoms with van der Waals surface area (Å²) in [5.41, 5.74) is 3.35. The van der Waals surface area contributed by atoms with Crippen LogP contribution in [0, 0.1) is 5.82 Å². The molecule has 0 aliphatic carbocycles. The highest BCUT2D eigenvalue weighted by atomic mass is 19.1. The van der Waals surface area contributed by atoms with Gasteiger partial charge in [-0.25, -0.2) is 14.4 Å². The highest BCUT2D eigenvalue weighted by molar-refractivity contribution is 6.10. The molecule has 1 unspecified atom stereocenters. The third-order valence-electron chi connectivity index (χ3n) is 6.81. The minimum atomic E-state index is -0.443. The molecule has 3 amide bonds. The van der Waals surface area contributed by atoms with Crippen LogP contribution in [0.3, 0.4) is 0 Å². The Balaban J connectivity index is 1.21. The van der Waals surface area contributed by atoms with E-state index in [0.717, 1.165) is 24.0 Å². The van der Waals surface area contributed by atoms with E-state index in [2.05, 4.69) is 25.6 Å². The average molecular weight is 515 g/mol. The topological polar surface area (TPSA) is 129 Å². The van der Waals surface area contributed by atoms with Crippen LogP contribution in [0.15, 0.2) is 55.0 Å². The first-order valence-corrected chi connectivity index (χ1v) is 12.2. The van der Waals surface area contributed by atoms with E-state index in [4.69, 9.17) is 4.74 Å². The second-order valence-corrected chi connectivity index (χ2v) is 9.21. The van der Waals surface area contributed by atoms with Crippen LogP contribution < -0.4 is 15.4 Å². The van der Waals surface area contributed by atoms with Crippen molar-refractivity contribution in [3.05, 3.63) is 83.2 Å². The van der Waals surface area contributed by atoms with Crippen LogP contribution in [0.5, 0.6) is 5.75 Å². The molecular formula is C27H23FN6O4. The van der Waals surface area contributed by atoms with Crippen molar-refractivity contribution in [1.29, 1.82) is 0 Å². The number of aromatic amines is 1. The molecule has 1 atom stereocenters. The number of nitrogens with zero attached hydrogens (tertiary/aromatic N) is 3. The number of anilines is 1. The van der Waals surface area contributed by atoms with Gasteiger partial charge in [0.2, 0.25) is 0 Å². The number of hydrogen-bond donors (Lipinski definition) is 3. The van der Waals surface area contributed by atoms with Gasteiger partial charge in [0.15, 0.2) is 12.3 Å². The Kier molecular flexibility index (Phi) is 5.95. The summed E-state index contributed by atoms with van der Waals surface area (Å²) in [6.45, 7) is 0.726. The zero-order valence-electron chi connectivity index (χ0n) is 20.2. The van der Waals surface area contributed by atoms with E-state index in [1.165, 1.54) is 18.5 Å². The first kappa shape index (κ1) is 23.6. The Labute approximate surface area is 216 Å². The van der Waals surface area contributed by atoms with Gasteiger partial charge in [-0.05, 0) is 48.2 Å². The molecule has 11 heteroatoms. The van der Waals surface area contributed by atoms with Gasteiger partial charge >= 0.3 is 0 Å². The fourth-order valence-corrected chi connectivity index (χ4v) is 4.98. The summed E-state index contributed by atoms with van der Waals surface area (Å²) in [5, 5.41) is 5.56. The third-order valence-corrected chi connectivity index (χ3v) is 6.81. The molecule has 1 fully saturated rings. The molecule has 38 heavy (non-hydrogen) atoms. The number of halogens is 1. The molecule has 2 aliphatic rings. The Hall–Kier alpha value is -4.80. The average Bonchev–Trinajstić information content (AvgIpc) is 3.59. The van der Waals surface area contributed by atoms with Crippen LogP contribution in [0.25, 0.3) is 11.0 Å². The fourth-order valence-electron chi connectivity index (χ4n) is 4.98. The summed E-state index contributed by atoms with van der Waals surface area (Å²) in [6, 6.07) is 11.3. The van der Waals surface area contributed by atoms with Crippen molar-refractivity contribution < 1.29 is 23.5 Å². The smallest absolute Gasteiger partial charge is 0.272 e. The van der Waals surface area contributed by atoms with Crippen LogP contribution >= 0.6 is 0 Å². The molecule has 4 heterocycles. The normalized spacial score (nSPS) is 16.6. The maximum atomic E-state index is 13.5. The van der Waals surface area contributed by atoms with Crippen LogP contribution in [0.1, 0.15) is 50.9 Å². The van der Waals surface area contributed by atoms with Crippen LogP contribution in [0.2, 0.25) is 0 Å². The van der Waals surface area contributed by atoms with Crippen molar-refractivity contribution >= 4 is 34.4 Å². The van der Waals surface area contributed by atoms with Crippen molar-refractivity contribution in [2.24, 2.45) is 0 Å². The van der Waals surface area contributed by atoms with Gasteiger partial charge < -0.3 is 25.3 Å². The SMILES string of the molecule is O=C1COc2ccc(CNC(=O)c3ncnc4c(C(=O)N5CCCC5c5ccc(F)cc5)c[nH]c34)cc2N1. The van der Waals surface area contributed by atoms with Gasteiger partial charge in [-0.3, -0.25) is 14.4 Å². The summed E-state index contributed by atoms with van der Waals surface area (Å²) in [6.07, 6.45) is 4.41. The zero-order valence-corrected chi connectivity index (χ0v) is 20.2. The minimum absolute atomic E-state index is 0.0297. The van der Waals surface area contributed by atoms with Gasteiger partial charge in [0.1, 0.15) is 23.4 Å². The summed E-state index contributed by atoms with van der Waals surface area (Å²) >= 11 is 0. The van der Waals surface area contributed by atoms with E-state index in [0.29, 0.717) is 34.6 Å². The van der Waals surface area contributed by atoms with Gasteiger partial charge in [0.25, 0.3) is 17.7 Å². The summed E-state index contributed by atoms with van der Waals surface area (Å²) < 4.78 is 18.8.